The minimum absolute atomic E-state index is 0.0872. The molecule has 0 saturated carbocycles. The summed E-state index contributed by atoms with van der Waals surface area (Å²) in [7, 11) is 0. The van der Waals surface area contributed by atoms with Crippen LogP contribution in [0.3, 0.4) is 0 Å². The quantitative estimate of drug-likeness (QED) is 0.596. The van der Waals surface area contributed by atoms with E-state index in [9.17, 15) is 10.1 Å². The number of nitrogens with zero attached hydrogens (tertiary/aromatic N) is 1. The van der Waals surface area contributed by atoms with Gasteiger partial charge < -0.3 is 9.47 Å². The topological polar surface area (TPSA) is 61.6 Å². The van der Waals surface area contributed by atoms with E-state index in [1.807, 2.05) is 13.0 Å². The fraction of sp³-hybridized carbons (Fsp3) is 0.333. The molecule has 0 radical (unpaired) electrons. The molecule has 1 aliphatic heterocycles. The molecular formula is C12H13NO4. The summed E-state index contributed by atoms with van der Waals surface area (Å²) in [6, 6.07) is 6.32. The molecule has 1 heterocycles. The first-order valence-electron chi connectivity index (χ1n) is 5.35. The molecule has 1 saturated heterocycles. The maximum absolute atomic E-state index is 10.5. The van der Waals surface area contributed by atoms with Crippen LogP contribution >= 0.6 is 0 Å². The molecule has 1 aliphatic rings. The smallest absolute Gasteiger partial charge is 0.269 e. The zero-order valence-corrected chi connectivity index (χ0v) is 9.41. The Kier molecular flexibility index (Phi) is 3.51. The highest BCUT2D eigenvalue weighted by Crippen LogP contribution is 2.16. The summed E-state index contributed by atoms with van der Waals surface area (Å²) >= 11 is 0. The first-order valence-corrected chi connectivity index (χ1v) is 5.35. The Balaban J connectivity index is 1.99. The van der Waals surface area contributed by atoms with Crippen LogP contribution < -0.4 is 0 Å². The molecule has 0 bridgehead atoms. The fourth-order valence-electron chi connectivity index (χ4n) is 1.54. The Morgan fingerprint density at radius 3 is 2.65 bits per heavy atom. The average Bonchev–Trinajstić information content (AvgIpc) is 2.73. The molecule has 2 rings (SSSR count). The molecule has 0 aromatic heterocycles. The molecule has 5 nitrogen and oxygen atoms in total. The van der Waals surface area contributed by atoms with Gasteiger partial charge in [0.15, 0.2) is 6.29 Å². The number of rotatable bonds is 3. The van der Waals surface area contributed by atoms with Crippen LogP contribution in [0.25, 0.3) is 6.08 Å². The van der Waals surface area contributed by atoms with Gasteiger partial charge in [-0.1, -0.05) is 6.08 Å². The van der Waals surface area contributed by atoms with Gasteiger partial charge >= 0.3 is 0 Å². The van der Waals surface area contributed by atoms with Crippen molar-refractivity contribution < 1.29 is 14.4 Å². The van der Waals surface area contributed by atoms with Gasteiger partial charge in [0, 0.05) is 12.1 Å². The van der Waals surface area contributed by atoms with Crippen molar-refractivity contribution >= 4 is 11.8 Å². The van der Waals surface area contributed by atoms with Crippen molar-refractivity contribution in [2.45, 2.75) is 19.3 Å². The third-order valence-electron chi connectivity index (χ3n) is 2.41. The van der Waals surface area contributed by atoms with E-state index in [-0.39, 0.29) is 18.1 Å². The largest absolute Gasteiger partial charge is 0.346 e. The lowest BCUT2D eigenvalue weighted by molar-refractivity contribution is -0.384. The lowest BCUT2D eigenvalue weighted by Gasteiger charge is -2.02. The molecule has 1 aromatic rings. The molecule has 1 fully saturated rings. The minimum Gasteiger partial charge on any atom is -0.346 e. The first kappa shape index (κ1) is 11.8. The highest BCUT2D eigenvalue weighted by atomic mass is 16.7. The number of nitro benzene ring substituents is 1. The second-order valence-corrected chi connectivity index (χ2v) is 3.86. The van der Waals surface area contributed by atoms with Gasteiger partial charge in [0.2, 0.25) is 0 Å². The molecule has 2 unspecified atom stereocenters. The normalized spacial score (nSPS) is 24.3. The lowest BCUT2D eigenvalue weighted by atomic mass is 10.2. The molecule has 0 amide bonds. The molecule has 5 heteroatoms. The van der Waals surface area contributed by atoms with Crippen molar-refractivity contribution in [3.63, 3.8) is 0 Å². The SMILES string of the molecule is CC1COC(/C=C/c2ccc([N+](=O)[O-])cc2)O1. The number of non-ortho nitro benzene ring substituents is 1. The Labute approximate surface area is 98.8 Å². The van der Waals surface area contributed by atoms with E-state index in [2.05, 4.69) is 0 Å². The van der Waals surface area contributed by atoms with Gasteiger partial charge in [-0.05, 0) is 30.7 Å². The van der Waals surface area contributed by atoms with E-state index >= 15 is 0 Å². The lowest BCUT2D eigenvalue weighted by Crippen LogP contribution is -2.05. The van der Waals surface area contributed by atoms with Crippen LogP contribution in [0.1, 0.15) is 12.5 Å². The van der Waals surface area contributed by atoms with Crippen molar-refractivity contribution in [2.24, 2.45) is 0 Å². The van der Waals surface area contributed by atoms with E-state index < -0.39 is 4.92 Å². The summed E-state index contributed by atoms with van der Waals surface area (Å²) in [6.07, 6.45) is 3.42. The van der Waals surface area contributed by atoms with Crippen LogP contribution in [0, 0.1) is 10.1 Å². The average molecular weight is 235 g/mol. The monoisotopic (exact) mass is 235 g/mol. The number of nitro groups is 1. The molecular weight excluding hydrogens is 222 g/mol. The molecule has 0 aliphatic carbocycles. The summed E-state index contributed by atoms with van der Waals surface area (Å²) in [5.41, 5.74) is 0.964. The van der Waals surface area contributed by atoms with E-state index in [0.29, 0.717) is 6.61 Å². The Morgan fingerprint density at radius 1 is 1.41 bits per heavy atom. The summed E-state index contributed by atoms with van der Waals surface area (Å²) < 4.78 is 10.8. The summed E-state index contributed by atoms with van der Waals surface area (Å²) in [4.78, 5) is 10.0. The van der Waals surface area contributed by atoms with E-state index in [1.54, 1.807) is 18.2 Å². The Hall–Kier alpha value is -1.72. The van der Waals surface area contributed by atoms with Gasteiger partial charge in [0.05, 0.1) is 17.6 Å². The predicted octanol–water partition coefficient (Wildman–Crippen LogP) is 2.37. The second-order valence-electron chi connectivity index (χ2n) is 3.86. The maximum atomic E-state index is 10.5. The van der Waals surface area contributed by atoms with Crippen LogP contribution in [-0.2, 0) is 9.47 Å². The predicted molar refractivity (Wildman–Crippen MR) is 62.4 cm³/mol. The second kappa shape index (κ2) is 5.07. The van der Waals surface area contributed by atoms with E-state index in [1.165, 1.54) is 12.1 Å². The number of hydrogen-bond donors (Lipinski definition) is 0. The Bertz CT molecular complexity index is 427. The van der Waals surface area contributed by atoms with Crippen LogP contribution in [0.5, 0.6) is 0 Å². The number of benzene rings is 1. The van der Waals surface area contributed by atoms with Crippen molar-refractivity contribution in [1.29, 1.82) is 0 Å². The van der Waals surface area contributed by atoms with Crippen molar-refractivity contribution in [3.05, 3.63) is 46.0 Å². The van der Waals surface area contributed by atoms with Crippen molar-refractivity contribution in [3.8, 4) is 0 Å². The standard InChI is InChI=1S/C12H13NO4/c1-9-8-16-12(17-9)7-4-10-2-5-11(6-3-10)13(14)15/h2-7,9,12H,8H2,1H3/b7-4+. The van der Waals surface area contributed by atoms with Crippen LogP contribution in [0.4, 0.5) is 5.69 Å². The van der Waals surface area contributed by atoms with Gasteiger partial charge in [-0.2, -0.15) is 0 Å². The summed E-state index contributed by atoms with van der Waals surface area (Å²) in [5.74, 6) is 0. The third kappa shape index (κ3) is 3.12. The van der Waals surface area contributed by atoms with Gasteiger partial charge in [-0.15, -0.1) is 0 Å². The zero-order valence-electron chi connectivity index (χ0n) is 9.41. The van der Waals surface area contributed by atoms with Gasteiger partial charge in [0.1, 0.15) is 0 Å². The fourth-order valence-corrected chi connectivity index (χ4v) is 1.54. The van der Waals surface area contributed by atoms with E-state index in [4.69, 9.17) is 9.47 Å². The number of ether oxygens (including phenoxy) is 2. The van der Waals surface area contributed by atoms with Crippen LogP contribution in [0.2, 0.25) is 0 Å². The van der Waals surface area contributed by atoms with Gasteiger partial charge in [-0.3, -0.25) is 10.1 Å². The first-order chi connectivity index (χ1) is 8.15. The highest BCUT2D eigenvalue weighted by Gasteiger charge is 2.19. The Morgan fingerprint density at radius 2 is 2.12 bits per heavy atom. The number of hydrogen-bond acceptors (Lipinski definition) is 4. The summed E-state index contributed by atoms with van der Waals surface area (Å²) in [5, 5.41) is 10.5. The van der Waals surface area contributed by atoms with E-state index in [0.717, 1.165) is 5.56 Å². The van der Waals surface area contributed by atoms with Gasteiger partial charge in [0.25, 0.3) is 5.69 Å². The maximum Gasteiger partial charge on any atom is 0.269 e. The third-order valence-corrected chi connectivity index (χ3v) is 2.41. The molecule has 0 N–H and O–H groups in total. The molecule has 90 valence electrons. The molecule has 0 spiro atoms. The summed E-state index contributed by atoms with van der Waals surface area (Å²) in [6.45, 7) is 2.54. The highest BCUT2D eigenvalue weighted by molar-refractivity contribution is 5.52. The van der Waals surface area contributed by atoms with Crippen LogP contribution in [-0.4, -0.2) is 23.9 Å². The minimum atomic E-state index is -0.418. The zero-order chi connectivity index (χ0) is 12.3. The van der Waals surface area contributed by atoms with Gasteiger partial charge in [-0.25, -0.2) is 0 Å². The molecule has 1 aromatic carbocycles. The molecule has 2 atom stereocenters. The van der Waals surface area contributed by atoms with Crippen molar-refractivity contribution in [2.75, 3.05) is 6.61 Å². The van der Waals surface area contributed by atoms with Crippen LogP contribution in [0.15, 0.2) is 30.3 Å². The van der Waals surface area contributed by atoms with Crippen molar-refractivity contribution in [1.82, 2.24) is 0 Å². The molecule has 17 heavy (non-hydrogen) atoms.